The molecular weight excluding hydrogens is 449 g/mol. The van der Waals surface area contributed by atoms with Crippen LogP contribution in [0.1, 0.15) is 18.5 Å². The van der Waals surface area contributed by atoms with Gasteiger partial charge in [0.25, 0.3) is 0 Å². The van der Waals surface area contributed by atoms with E-state index in [0.29, 0.717) is 27.3 Å². The molecule has 3 atom stereocenters. The number of amides is 1. The summed E-state index contributed by atoms with van der Waals surface area (Å²) in [5, 5.41) is 7.19. The summed E-state index contributed by atoms with van der Waals surface area (Å²) in [5.41, 5.74) is 0.737. The minimum Gasteiger partial charge on any atom is -0.467 e. The summed E-state index contributed by atoms with van der Waals surface area (Å²) < 4.78 is 20.5. The molecular formula is C24H19ClFN3O2S. The number of fused-ring (bicyclic) bond motifs is 4. The van der Waals surface area contributed by atoms with Crippen LogP contribution in [-0.2, 0) is 4.79 Å². The molecule has 0 spiro atoms. The number of ether oxygens (including phenoxy) is 1. The molecule has 1 saturated heterocycles. The predicted molar refractivity (Wildman–Crippen MR) is 126 cm³/mol. The Bertz CT molecular complexity index is 1220. The van der Waals surface area contributed by atoms with E-state index in [1.807, 2.05) is 24.3 Å². The van der Waals surface area contributed by atoms with Crippen molar-refractivity contribution in [1.82, 2.24) is 5.32 Å². The number of rotatable bonds is 3. The molecule has 1 fully saturated rings. The van der Waals surface area contributed by atoms with E-state index in [1.165, 1.54) is 12.1 Å². The molecule has 162 valence electrons. The van der Waals surface area contributed by atoms with Crippen LogP contribution in [0, 0.1) is 11.7 Å². The van der Waals surface area contributed by atoms with Gasteiger partial charge in [-0.25, -0.2) is 4.39 Å². The standard InChI is InChI=1S/C24H19ClFN3O2S/c1-24-20(22(30)27-16-11-9-14(25)10-12-16)21(18-7-2-3-8-19(18)31-24)28-23(32)29(24)17-6-4-5-15(26)13-17/h2-13,20-21H,1H3,(H,27,30)(H,28,32)/t20-,21-,24-/m1/s1. The number of nitrogens with one attached hydrogen (secondary N) is 2. The van der Waals surface area contributed by atoms with Crippen molar-refractivity contribution in [2.24, 2.45) is 5.92 Å². The van der Waals surface area contributed by atoms with E-state index >= 15 is 0 Å². The fraction of sp³-hybridized carbons (Fsp3) is 0.167. The number of anilines is 2. The number of halogens is 2. The quantitative estimate of drug-likeness (QED) is 0.513. The molecule has 5 rings (SSSR count). The summed E-state index contributed by atoms with van der Waals surface area (Å²) in [6.07, 6.45) is 0. The maximum Gasteiger partial charge on any atom is 0.236 e. The second-order valence-corrected chi connectivity index (χ2v) is 8.73. The van der Waals surface area contributed by atoms with Gasteiger partial charge in [0.2, 0.25) is 5.91 Å². The van der Waals surface area contributed by atoms with Crippen LogP contribution in [0.3, 0.4) is 0 Å². The number of nitrogens with zero attached hydrogens (tertiary/aromatic N) is 1. The summed E-state index contributed by atoms with van der Waals surface area (Å²) in [6.45, 7) is 1.81. The Balaban J connectivity index is 1.61. The Hall–Kier alpha value is -3.16. The van der Waals surface area contributed by atoms with Gasteiger partial charge in [0, 0.05) is 22.0 Å². The Labute approximate surface area is 195 Å². The zero-order valence-electron chi connectivity index (χ0n) is 17.0. The lowest BCUT2D eigenvalue weighted by Crippen LogP contribution is -2.72. The average Bonchev–Trinajstić information content (AvgIpc) is 2.74. The van der Waals surface area contributed by atoms with Crippen molar-refractivity contribution in [3.63, 3.8) is 0 Å². The van der Waals surface area contributed by atoms with E-state index in [4.69, 9.17) is 28.6 Å². The predicted octanol–water partition coefficient (Wildman–Crippen LogP) is 5.28. The van der Waals surface area contributed by atoms with Gasteiger partial charge in [-0.2, -0.15) is 0 Å². The number of thiocarbonyl (C=S) groups is 1. The Morgan fingerprint density at radius 3 is 2.66 bits per heavy atom. The van der Waals surface area contributed by atoms with E-state index in [9.17, 15) is 9.18 Å². The number of carbonyl (C=O) groups excluding carboxylic acids is 1. The van der Waals surface area contributed by atoms with Crippen LogP contribution in [0.25, 0.3) is 0 Å². The maximum atomic E-state index is 14.1. The summed E-state index contributed by atoms with van der Waals surface area (Å²) in [6, 6.07) is 20.1. The van der Waals surface area contributed by atoms with Crippen LogP contribution >= 0.6 is 23.8 Å². The lowest BCUT2D eigenvalue weighted by Gasteiger charge is -2.56. The first-order valence-corrected chi connectivity index (χ1v) is 10.9. The van der Waals surface area contributed by atoms with Gasteiger partial charge >= 0.3 is 0 Å². The number of carbonyl (C=O) groups is 1. The van der Waals surface area contributed by atoms with Gasteiger partial charge in [0.15, 0.2) is 10.8 Å². The number of hydrogen-bond acceptors (Lipinski definition) is 3. The van der Waals surface area contributed by atoms with Crippen LogP contribution in [-0.4, -0.2) is 16.7 Å². The third-order valence-corrected chi connectivity index (χ3v) is 6.42. The van der Waals surface area contributed by atoms with Gasteiger partial charge in [0.1, 0.15) is 17.5 Å². The first-order valence-electron chi connectivity index (χ1n) is 10.1. The first kappa shape index (κ1) is 20.7. The van der Waals surface area contributed by atoms with Crippen LogP contribution in [0.4, 0.5) is 15.8 Å². The van der Waals surface area contributed by atoms with E-state index in [-0.39, 0.29) is 5.91 Å². The molecule has 2 bridgehead atoms. The van der Waals surface area contributed by atoms with Crippen molar-refractivity contribution < 1.29 is 13.9 Å². The third-order valence-electron chi connectivity index (χ3n) is 5.87. The lowest BCUT2D eigenvalue weighted by molar-refractivity contribution is -0.130. The monoisotopic (exact) mass is 467 g/mol. The SMILES string of the molecule is C[C@]12Oc3ccccc3[C@@H](NC(=S)N1c1cccc(F)c1)[C@@H]2C(=O)Nc1ccc(Cl)cc1. The highest BCUT2D eigenvalue weighted by Crippen LogP contribution is 2.49. The number of hydrogen-bond donors (Lipinski definition) is 2. The van der Waals surface area contributed by atoms with Crippen molar-refractivity contribution in [2.45, 2.75) is 18.7 Å². The van der Waals surface area contributed by atoms with Crippen LogP contribution in [0.15, 0.2) is 72.8 Å². The molecule has 2 N–H and O–H groups in total. The normalized spacial score (nSPS) is 23.6. The molecule has 0 saturated carbocycles. The topological polar surface area (TPSA) is 53.6 Å². The smallest absolute Gasteiger partial charge is 0.236 e. The molecule has 0 radical (unpaired) electrons. The summed E-state index contributed by atoms with van der Waals surface area (Å²) in [7, 11) is 0. The second-order valence-electron chi connectivity index (χ2n) is 7.91. The minimum atomic E-state index is -1.20. The first-order chi connectivity index (χ1) is 15.4. The molecule has 0 aromatic heterocycles. The largest absolute Gasteiger partial charge is 0.467 e. The second kappa shape index (κ2) is 7.76. The molecule has 3 aromatic carbocycles. The maximum absolute atomic E-state index is 14.1. The summed E-state index contributed by atoms with van der Waals surface area (Å²) in [5.74, 6) is -0.727. The molecule has 2 aliphatic rings. The van der Waals surface area contributed by atoms with E-state index < -0.39 is 23.5 Å². The van der Waals surface area contributed by atoms with Crippen LogP contribution in [0.5, 0.6) is 5.75 Å². The van der Waals surface area contributed by atoms with Gasteiger partial charge in [-0.3, -0.25) is 9.69 Å². The molecule has 1 amide bonds. The molecule has 2 aliphatic heterocycles. The summed E-state index contributed by atoms with van der Waals surface area (Å²) >= 11 is 11.6. The highest BCUT2D eigenvalue weighted by molar-refractivity contribution is 7.80. The molecule has 3 aromatic rings. The zero-order valence-corrected chi connectivity index (χ0v) is 18.6. The minimum absolute atomic E-state index is 0.259. The van der Waals surface area contributed by atoms with Crippen molar-refractivity contribution in [2.75, 3.05) is 10.2 Å². The van der Waals surface area contributed by atoms with E-state index in [1.54, 1.807) is 48.2 Å². The molecule has 0 aliphatic carbocycles. The molecule has 2 heterocycles. The van der Waals surface area contributed by atoms with Crippen molar-refractivity contribution >= 4 is 46.2 Å². The van der Waals surface area contributed by atoms with Crippen molar-refractivity contribution in [3.8, 4) is 5.75 Å². The Morgan fingerprint density at radius 2 is 1.91 bits per heavy atom. The number of benzene rings is 3. The van der Waals surface area contributed by atoms with E-state index in [2.05, 4.69) is 10.6 Å². The fourth-order valence-corrected chi connectivity index (χ4v) is 5.03. The van der Waals surface area contributed by atoms with Gasteiger partial charge in [-0.05, 0) is 67.7 Å². The zero-order chi connectivity index (χ0) is 22.5. The Morgan fingerprint density at radius 1 is 1.16 bits per heavy atom. The number of para-hydroxylation sites is 1. The van der Waals surface area contributed by atoms with Crippen LogP contribution < -0.4 is 20.3 Å². The van der Waals surface area contributed by atoms with Crippen LogP contribution in [0.2, 0.25) is 5.02 Å². The lowest BCUT2D eigenvalue weighted by atomic mass is 9.78. The summed E-state index contributed by atoms with van der Waals surface area (Å²) in [4.78, 5) is 15.3. The van der Waals surface area contributed by atoms with Gasteiger partial charge in [-0.1, -0.05) is 35.9 Å². The third kappa shape index (κ3) is 3.38. The fourth-order valence-electron chi connectivity index (χ4n) is 4.49. The Kier molecular flexibility index (Phi) is 5.03. The van der Waals surface area contributed by atoms with Gasteiger partial charge < -0.3 is 15.4 Å². The highest BCUT2D eigenvalue weighted by atomic mass is 35.5. The molecule has 32 heavy (non-hydrogen) atoms. The average molecular weight is 468 g/mol. The molecule has 5 nitrogen and oxygen atoms in total. The molecule has 0 unspecified atom stereocenters. The van der Waals surface area contributed by atoms with Crippen molar-refractivity contribution in [1.29, 1.82) is 0 Å². The van der Waals surface area contributed by atoms with Crippen molar-refractivity contribution in [3.05, 3.63) is 89.2 Å². The highest BCUT2D eigenvalue weighted by Gasteiger charge is 2.59. The van der Waals surface area contributed by atoms with E-state index in [0.717, 1.165) is 5.56 Å². The van der Waals surface area contributed by atoms with Gasteiger partial charge in [0.05, 0.1) is 6.04 Å². The van der Waals surface area contributed by atoms with Gasteiger partial charge in [-0.15, -0.1) is 0 Å². The molecule has 8 heteroatoms.